The number of amides is 1. The van der Waals surface area contributed by atoms with Gasteiger partial charge in [0, 0.05) is 29.0 Å². The number of rotatable bonds is 7. The number of nitrogens with zero attached hydrogens (tertiary/aromatic N) is 1. The smallest absolute Gasteiger partial charge is 0.311 e. The molecule has 3 rings (SSSR count). The highest BCUT2D eigenvalue weighted by molar-refractivity contribution is 6.04. The van der Waals surface area contributed by atoms with Crippen LogP contribution in [0.2, 0.25) is 0 Å². The molecule has 0 atom stereocenters. The second-order valence-corrected chi connectivity index (χ2v) is 6.88. The lowest BCUT2D eigenvalue weighted by Gasteiger charge is -2.23. The monoisotopic (exact) mass is 383 g/mol. The Morgan fingerprint density at radius 2 is 1.79 bits per heavy atom. The maximum absolute atomic E-state index is 12.5. The molecule has 0 heterocycles. The first-order valence-corrected chi connectivity index (χ1v) is 9.66. The van der Waals surface area contributed by atoms with Crippen molar-refractivity contribution in [2.24, 2.45) is 0 Å². The first kappa shape index (κ1) is 19.7. The Kier molecular flexibility index (Phi) is 6.47. The SMILES string of the molecule is CCOc1ccc(C(=O)Nc2ccc(NC3CCCCC3)cc2)cc1[N+](=O)[O-]. The van der Waals surface area contributed by atoms with Crippen molar-refractivity contribution in [3.05, 3.63) is 58.1 Å². The van der Waals surface area contributed by atoms with Crippen LogP contribution in [0, 0.1) is 10.1 Å². The Labute approximate surface area is 164 Å². The van der Waals surface area contributed by atoms with E-state index in [1.165, 1.54) is 50.3 Å². The molecule has 148 valence electrons. The topological polar surface area (TPSA) is 93.5 Å². The molecule has 1 saturated carbocycles. The number of anilines is 2. The van der Waals surface area contributed by atoms with E-state index in [1.54, 1.807) is 6.92 Å². The van der Waals surface area contributed by atoms with Gasteiger partial charge in [-0.1, -0.05) is 19.3 Å². The van der Waals surface area contributed by atoms with Crippen LogP contribution in [0.1, 0.15) is 49.4 Å². The summed E-state index contributed by atoms with van der Waals surface area (Å²) >= 11 is 0. The van der Waals surface area contributed by atoms with Crippen LogP contribution >= 0.6 is 0 Å². The summed E-state index contributed by atoms with van der Waals surface area (Å²) in [6, 6.07) is 12.2. The average Bonchev–Trinajstić information content (AvgIpc) is 2.70. The van der Waals surface area contributed by atoms with Gasteiger partial charge in [0.1, 0.15) is 0 Å². The van der Waals surface area contributed by atoms with Crippen LogP contribution in [0.3, 0.4) is 0 Å². The molecule has 1 aliphatic carbocycles. The van der Waals surface area contributed by atoms with Crippen LogP contribution in [0.25, 0.3) is 0 Å². The Hall–Kier alpha value is -3.09. The molecule has 28 heavy (non-hydrogen) atoms. The molecular formula is C21H25N3O4. The summed E-state index contributed by atoms with van der Waals surface area (Å²) in [5.74, 6) is -0.249. The number of carbonyl (C=O) groups excluding carboxylic acids is 1. The van der Waals surface area contributed by atoms with Gasteiger partial charge in [0.2, 0.25) is 0 Å². The van der Waals surface area contributed by atoms with E-state index in [4.69, 9.17) is 4.74 Å². The van der Waals surface area contributed by atoms with Gasteiger partial charge in [-0.2, -0.15) is 0 Å². The van der Waals surface area contributed by atoms with Crippen molar-refractivity contribution in [2.75, 3.05) is 17.2 Å². The summed E-state index contributed by atoms with van der Waals surface area (Å²) in [6.45, 7) is 2.06. The zero-order valence-corrected chi connectivity index (χ0v) is 15.9. The third-order valence-corrected chi connectivity index (χ3v) is 4.84. The quantitative estimate of drug-likeness (QED) is 0.519. The molecule has 0 saturated heterocycles. The first-order valence-electron chi connectivity index (χ1n) is 9.66. The number of benzene rings is 2. The number of hydrogen-bond donors (Lipinski definition) is 2. The second-order valence-electron chi connectivity index (χ2n) is 6.88. The van der Waals surface area contributed by atoms with E-state index in [0.29, 0.717) is 18.3 Å². The highest BCUT2D eigenvalue weighted by Crippen LogP contribution is 2.28. The lowest BCUT2D eigenvalue weighted by Crippen LogP contribution is -2.22. The molecule has 7 heteroatoms. The maximum atomic E-state index is 12.5. The summed E-state index contributed by atoms with van der Waals surface area (Å²) in [6.07, 6.45) is 6.22. The highest BCUT2D eigenvalue weighted by atomic mass is 16.6. The minimum atomic E-state index is -0.548. The van der Waals surface area contributed by atoms with Gasteiger partial charge in [0.25, 0.3) is 5.91 Å². The molecule has 1 amide bonds. The van der Waals surface area contributed by atoms with Crippen LogP contribution < -0.4 is 15.4 Å². The molecule has 2 aromatic carbocycles. The fraction of sp³-hybridized carbons (Fsp3) is 0.381. The Morgan fingerprint density at radius 3 is 2.43 bits per heavy atom. The van der Waals surface area contributed by atoms with Gasteiger partial charge in [-0.25, -0.2) is 0 Å². The molecule has 7 nitrogen and oxygen atoms in total. The lowest BCUT2D eigenvalue weighted by molar-refractivity contribution is -0.385. The first-order chi connectivity index (χ1) is 13.6. The minimum absolute atomic E-state index is 0.155. The Morgan fingerprint density at radius 1 is 1.11 bits per heavy atom. The number of ether oxygens (including phenoxy) is 1. The molecule has 0 spiro atoms. The predicted octanol–water partition coefficient (Wildman–Crippen LogP) is 4.99. The fourth-order valence-electron chi connectivity index (χ4n) is 3.41. The molecular weight excluding hydrogens is 358 g/mol. The molecule has 0 radical (unpaired) electrons. The van der Waals surface area contributed by atoms with Crippen LogP contribution in [0.15, 0.2) is 42.5 Å². The zero-order valence-electron chi connectivity index (χ0n) is 15.9. The summed E-state index contributed by atoms with van der Waals surface area (Å²) in [4.78, 5) is 23.1. The Balaban J connectivity index is 1.65. The lowest BCUT2D eigenvalue weighted by atomic mass is 9.95. The van der Waals surface area contributed by atoms with E-state index in [2.05, 4.69) is 10.6 Å². The van der Waals surface area contributed by atoms with Crippen molar-refractivity contribution in [1.82, 2.24) is 0 Å². The van der Waals surface area contributed by atoms with Crippen molar-refractivity contribution in [2.45, 2.75) is 45.1 Å². The molecule has 0 unspecified atom stereocenters. The van der Waals surface area contributed by atoms with Crippen LogP contribution in [-0.4, -0.2) is 23.5 Å². The molecule has 0 aliphatic heterocycles. The fourth-order valence-corrected chi connectivity index (χ4v) is 3.41. The largest absolute Gasteiger partial charge is 0.487 e. The van der Waals surface area contributed by atoms with Crippen LogP contribution in [0.4, 0.5) is 17.1 Å². The number of carbonyl (C=O) groups is 1. The third-order valence-electron chi connectivity index (χ3n) is 4.84. The van der Waals surface area contributed by atoms with Crippen molar-refractivity contribution >= 4 is 23.0 Å². The molecule has 0 aromatic heterocycles. The van der Waals surface area contributed by atoms with Gasteiger partial charge in [-0.05, 0) is 56.2 Å². The van der Waals surface area contributed by atoms with E-state index < -0.39 is 10.8 Å². The van der Waals surface area contributed by atoms with Crippen molar-refractivity contribution in [3.63, 3.8) is 0 Å². The highest BCUT2D eigenvalue weighted by Gasteiger charge is 2.19. The molecule has 1 aliphatic rings. The molecule has 2 aromatic rings. The number of nitrogens with one attached hydrogen (secondary N) is 2. The second kappa shape index (κ2) is 9.21. The molecule has 1 fully saturated rings. The summed E-state index contributed by atoms with van der Waals surface area (Å²) in [5, 5.41) is 17.5. The van der Waals surface area contributed by atoms with Gasteiger partial charge in [0.15, 0.2) is 5.75 Å². The molecule has 2 N–H and O–H groups in total. The van der Waals surface area contributed by atoms with E-state index in [9.17, 15) is 14.9 Å². The van der Waals surface area contributed by atoms with Crippen molar-refractivity contribution in [1.29, 1.82) is 0 Å². The Bertz CT molecular complexity index is 830. The van der Waals surface area contributed by atoms with E-state index >= 15 is 0 Å². The third kappa shape index (κ3) is 5.00. The van der Waals surface area contributed by atoms with Crippen molar-refractivity contribution < 1.29 is 14.5 Å². The van der Waals surface area contributed by atoms with Gasteiger partial charge in [-0.15, -0.1) is 0 Å². The normalized spacial score (nSPS) is 14.3. The minimum Gasteiger partial charge on any atom is -0.487 e. The summed E-state index contributed by atoms with van der Waals surface area (Å²) in [5.41, 5.74) is 1.65. The number of hydrogen-bond acceptors (Lipinski definition) is 5. The van der Waals surface area contributed by atoms with Crippen LogP contribution in [0.5, 0.6) is 5.75 Å². The number of nitro groups is 1. The maximum Gasteiger partial charge on any atom is 0.311 e. The van der Waals surface area contributed by atoms with E-state index in [1.807, 2.05) is 24.3 Å². The van der Waals surface area contributed by atoms with Gasteiger partial charge >= 0.3 is 5.69 Å². The summed E-state index contributed by atoms with van der Waals surface area (Å²) < 4.78 is 5.25. The van der Waals surface area contributed by atoms with Crippen molar-refractivity contribution in [3.8, 4) is 5.75 Å². The number of nitro benzene ring substituents is 1. The van der Waals surface area contributed by atoms with Crippen LogP contribution in [-0.2, 0) is 0 Å². The standard InChI is InChI=1S/C21H25N3O4/c1-2-28-20-13-8-15(14-19(20)24(26)27)21(25)23-18-11-9-17(10-12-18)22-16-6-4-3-5-7-16/h8-14,16,22H,2-7H2,1H3,(H,23,25). The summed E-state index contributed by atoms with van der Waals surface area (Å²) in [7, 11) is 0. The van der Waals surface area contributed by atoms with Gasteiger partial charge in [0.05, 0.1) is 11.5 Å². The zero-order chi connectivity index (χ0) is 19.9. The van der Waals surface area contributed by atoms with E-state index in [-0.39, 0.29) is 17.0 Å². The van der Waals surface area contributed by atoms with E-state index in [0.717, 1.165) is 5.69 Å². The van der Waals surface area contributed by atoms with Gasteiger partial charge in [-0.3, -0.25) is 14.9 Å². The van der Waals surface area contributed by atoms with Gasteiger partial charge < -0.3 is 15.4 Å². The molecule has 0 bridgehead atoms. The predicted molar refractivity (Wildman–Crippen MR) is 109 cm³/mol. The average molecular weight is 383 g/mol.